The molecule has 0 unspecified atom stereocenters. The molecule has 1 aliphatic heterocycles. The molecular formula is C21H22N4O3. The Hall–Kier alpha value is -3.35. The Balaban J connectivity index is 1.45. The molecule has 0 radical (unpaired) electrons. The number of carbonyl (C=O) groups excluding carboxylic acids is 1. The van der Waals surface area contributed by atoms with Gasteiger partial charge in [-0.15, -0.1) is 0 Å². The van der Waals surface area contributed by atoms with Crippen LogP contribution in [0.2, 0.25) is 0 Å². The molecule has 3 aromatic rings. The molecule has 0 atom stereocenters. The zero-order valence-corrected chi connectivity index (χ0v) is 15.9. The normalized spacial score (nSPS) is 13.8. The third-order valence-electron chi connectivity index (χ3n) is 4.39. The summed E-state index contributed by atoms with van der Waals surface area (Å²) >= 11 is 0. The molecule has 7 heteroatoms. The lowest BCUT2D eigenvalue weighted by atomic mass is 10.2. The van der Waals surface area contributed by atoms with Crippen LogP contribution in [0.25, 0.3) is 17.1 Å². The van der Waals surface area contributed by atoms with Crippen molar-refractivity contribution in [2.24, 2.45) is 0 Å². The van der Waals surface area contributed by atoms with Gasteiger partial charge in [-0.05, 0) is 43.7 Å². The lowest BCUT2D eigenvalue weighted by molar-refractivity contribution is -0.111. The molecule has 0 saturated heterocycles. The van der Waals surface area contributed by atoms with Crippen LogP contribution < -0.4 is 14.8 Å². The second-order valence-corrected chi connectivity index (χ2v) is 6.90. The topological polar surface area (TPSA) is 78.3 Å². The maximum atomic E-state index is 12.3. The van der Waals surface area contributed by atoms with Gasteiger partial charge in [0.05, 0.1) is 31.3 Å². The van der Waals surface area contributed by atoms with Gasteiger partial charge in [-0.1, -0.05) is 6.07 Å². The lowest BCUT2D eigenvalue weighted by Crippen LogP contribution is -2.08. The lowest BCUT2D eigenvalue weighted by Gasteiger charge is -2.07. The van der Waals surface area contributed by atoms with Crippen molar-refractivity contribution < 1.29 is 14.3 Å². The summed E-state index contributed by atoms with van der Waals surface area (Å²) in [5, 5.41) is 8.06. The van der Waals surface area contributed by atoms with Gasteiger partial charge < -0.3 is 14.8 Å². The van der Waals surface area contributed by atoms with E-state index in [0.717, 1.165) is 28.8 Å². The minimum Gasteiger partial charge on any atom is -0.490 e. The highest BCUT2D eigenvalue weighted by Crippen LogP contribution is 2.30. The second-order valence-electron chi connectivity index (χ2n) is 6.90. The van der Waals surface area contributed by atoms with Crippen molar-refractivity contribution in [1.29, 1.82) is 0 Å². The number of benzene rings is 1. The summed E-state index contributed by atoms with van der Waals surface area (Å²) in [6, 6.07) is 7.73. The third-order valence-corrected chi connectivity index (χ3v) is 4.39. The van der Waals surface area contributed by atoms with Crippen molar-refractivity contribution >= 4 is 28.7 Å². The molecule has 0 fully saturated rings. The maximum absolute atomic E-state index is 12.3. The van der Waals surface area contributed by atoms with Crippen LogP contribution in [-0.4, -0.2) is 33.9 Å². The first-order valence-corrected chi connectivity index (χ1v) is 9.32. The number of amides is 1. The van der Waals surface area contributed by atoms with Crippen molar-refractivity contribution in [3.05, 3.63) is 48.3 Å². The van der Waals surface area contributed by atoms with Gasteiger partial charge in [-0.25, -0.2) is 9.67 Å². The van der Waals surface area contributed by atoms with Crippen molar-refractivity contribution in [3.8, 4) is 11.5 Å². The van der Waals surface area contributed by atoms with Gasteiger partial charge in [-0.3, -0.25) is 4.79 Å². The third kappa shape index (κ3) is 3.83. The number of ether oxygens (including phenoxy) is 2. The summed E-state index contributed by atoms with van der Waals surface area (Å²) in [6.45, 7) is 5.38. The highest BCUT2D eigenvalue weighted by molar-refractivity contribution is 6.02. The first-order chi connectivity index (χ1) is 13.6. The van der Waals surface area contributed by atoms with Gasteiger partial charge in [0, 0.05) is 23.9 Å². The zero-order chi connectivity index (χ0) is 19.5. The van der Waals surface area contributed by atoms with Crippen LogP contribution in [-0.2, 0) is 4.79 Å². The average molecular weight is 378 g/mol. The van der Waals surface area contributed by atoms with E-state index in [4.69, 9.17) is 9.47 Å². The number of aromatic nitrogens is 3. The molecule has 3 heterocycles. The highest BCUT2D eigenvalue weighted by atomic mass is 16.5. The van der Waals surface area contributed by atoms with E-state index in [-0.39, 0.29) is 11.9 Å². The highest BCUT2D eigenvalue weighted by Gasteiger charge is 2.11. The SMILES string of the molecule is CC(C)n1ncc2cc(NC(=O)C=Cc3ccc4c(c3)OCCCO4)cnc21. The van der Waals surface area contributed by atoms with Crippen molar-refractivity contribution in [3.63, 3.8) is 0 Å². The number of pyridine rings is 1. The van der Waals surface area contributed by atoms with Crippen LogP contribution in [0.5, 0.6) is 11.5 Å². The molecule has 7 nitrogen and oxygen atoms in total. The van der Waals surface area contributed by atoms with Gasteiger partial charge in [0.25, 0.3) is 0 Å². The smallest absolute Gasteiger partial charge is 0.248 e. The van der Waals surface area contributed by atoms with E-state index >= 15 is 0 Å². The number of nitrogens with one attached hydrogen (secondary N) is 1. The first kappa shape index (κ1) is 18.0. The van der Waals surface area contributed by atoms with E-state index < -0.39 is 0 Å². The second kappa shape index (κ2) is 7.72. The van der Waals surface area contributed by atoms with E-state index in [0.29, 0.717) is 24.7 Å². The maximum Gasteiger partial charge on any atom is 0.248 e. The molecule has 2 aromatic heterocycles. The van der Waals surface area contributed by atoms with Gasteiger partial charge in [-0.2, -0.15) is 5.10 Å². The number of nitrogens with zero attached hydrogens (tertiary/aromatic N) is 3. The quantitative estimate of drug-likeness (QED) is 0.698. The number of rotatable bonds is 4. The predicted molar refractivity (Wildman–Crippen MR) is 108 cm³/mol. The fourth-order valence-electron chi connectivity index (χ4n) is 3.03. The fraction of sp³-hybridized carbons (Fsp3) is 0.286. The van der Waals surface area contributed by atoms with E-state index in [1.807, 2.05) is 42.8 Å². The molecular weight excluding hydrogens is 356 g/mol. The van der Waals surface area contributed by atoms with Gasteiger partial charge in [0.15, 0.2) is 17.1 Å². The molecule has 4 rings (SSSR count). The Labute approximate surface area is 163 Å². The predicted octanol–water partition coefficient (Wildman–Crippen LogP) is 3.83. The minimum atomic E-state index is -0.232. The van der Waals surface area contributed by atoms with Crippen LogP contribution in [0.15, 0.2) is 42.7 Å². The summed E-state index contributed by atoms with van der Waals surface area (Å²) in [7, 11) is 0. The molecule has 28 heavy (non-hydrogen) atoms. The first-order valence-electron chi connectivity index (χ1n) is 9.32. The monoisotopic (exact) mass is 378 g/mol. The van der Waals surface area contributed by atoms with E-state index in [1.54, 1.807) is 18.5 Å². The number of anilines is 1. The van der Waals surface area contributed by atoms with Crippen LogP contribution >= 0.6 is 0 Å². The summed E-state index contributed by atoms with van der Waals surface area (Å²) in [4.78, 5) is 16.7. The number of carbonyl (C=O) groups is 1. The van der Waals surface area contributed by atoms with Crippen LogP contribution in [0.4, 0.5) is 5.69 Å². The fourth-order valence-corrected chi connectivity index (χ4v) is 3.03. The van der Waals surface area contributed by atoms with Crippen molar-refractivity contribution in [1.82, 2.24) is 14.8 Å². The van der Waals surface area contributed by atoms with Crippen molar-refractivity contribution in [2.75, 3.05) is 18.5 Å². The van der Waals surface area contributed by atoms with Crippen molar-refractivity contribution in [2.45, 2.75) is 26.3 Å². The molecule has 0 aliphatic carbocycles. The Morgan fingerprint density at radius 2 is 2.00 bits per heavy atom. The molecule has 1 amide bonds. The van der Waals surface area contributed by atoms with Crippen LogP contribution in [0.3, 0.4) is 0 Å². The van der Waals surface area contributed by atoms with Crippen LogP contribution in [0.1, 0.15) is 31.9 Å². The van der Waals surface area contributed by atoms with E-state index in [1.165, 1.54) is 6.08 Å². The zero-order valence-electron chi connectivity index (χ0n) is 15.9. The number of hydrogen-bond donors (Lipinski definition) is 1. The standard InChI is InChI=1S/C21H22N4O3/c1-14(2)25-21-16(12-23-25)11-17(13-22-21)24-20(26)7-5-15-4-6-18-19(10-15)28-9-3-8-27-18/h4-7,10-14H,3,8-9H2,1-2H3,(H,24,26). The molecule has 144 valence electrons. The van der Waals surface area contributed by atoms with E-state index in [9.17, 15) is 4.79 Å². The number of fused-ring (bicyclic) bond motifs is 2. The average Bonchev–Trinajstić information content (AvgIpc) is 2.96. The minimum absolute atomic E-state index is 0.226. The Morgan fingerprint density at radius 1 is 1.18 bits per heavy atom. The summed E-state index contributed by atoms with van der Waals surface area (Å²) in [5.41, 5.74) is 2.30. The molecule has 1 aromatic carbocycles. The Morgan fingerprint density at radius 3 is 2.82 bits per heavy atom. The molecule has 1 N–H and O–H groups in total. The van der Waals surface area contributed by atoms with E-state index in [2.05, 4.69) is 15.4 Å². The Kier molecular flexibility index (Phi) is 4.97. The summed E-state index contributed by atoms with van der Waals surface area (Å²) in [6.07, 6.45) is 7.48. The van der Waals surface area contributed by atoms with Crippen LogP contribution in [0, 0.1) is 0 Å². The largest absolute Gasteiger partial charge is 0.490 e. The van der Waals surface area contributed by atoms with Gasteiger partial charge >= 0.3 is 0 Å². The molecule has 0 saturated carbocycles. The summed E-state index contributed by atoms with van der Waals surface area (Å²) in [5.74, 6) is 1.21. The molecule has 0 bridgehead atoms. The number of hydrogen-bond acceptors (Lipinski definition) is 5. The Bertz CT molecular complexity index is 1040. The van der Waals surface area contributed by atoms with Gasteiger partial charge in [0.2, 0.25) is 5.91 Å². The molecule has 0 spiro atoms. The molecule has 1 aliphatic rings. The van der Waals surface area contributed by atoms with Gasteiger partial charge in [0.1, 0.15) is 0 Å². The summed E-state index contributed by atoms with van der Waals surface area (Å²) < 4.78 is 13.1.